The summed E-state index contributed by atoms with van der Waals surface area (Å²) in [6.07, 6.45) is 0. The molecule has 0 aliphatic rings. The Balaban J connectivity index is 2.09. The number of rotatable bonds is 4. The number of ether oxygens (including phenoxy) is 1. The zero-order valence-electron chi connectivity index (χ0n) is 9.70. The lowest BCUT2D eigenvalue weighted by Crippen LogP contribution is -2.00. The molecule has 2 rings (SSSR count). The van der Waals surface area contributed by atoms with Crippen molar-refractivity contribution in [1.82, 2.24) is 0 Å². The Labute approximate surface area is 120 Å². The van der Waals surface area contributed by atoms with Gasteiger partial charge in [-0.15, -0.1) is 0 Å². The molecule has 0 aromatic heterocycles. The van der Waals surface area contributed by atoms with Crippen LogP contribution in [0.2, 0.25) is 5.02 Å². The van der Waals surface area contributed by atoms with Gasteiger partial charge in [0.15, 0.2) is 0 Å². The number of hydrogen-bond acceptors (Lipinski definition) is 2. The highest BCUT2D eigenvalue weighted by molar-refractivity contribution is 9.10. The predicted octanol–water partition coefficient (Wildman–Crippen LogP) is 4.14. The zero-order valence-corrected chi connectivity index (χ0v) is 12.0. The molecule has 0 unspecified atom stereocenters. The minimum Gasteiger partial charge on any atom is -0.489 e. The number of hydrogen-bond donors (Lipinski definition) is 1. The summed E-state index contributed by atoms with van der Waals surface area (Å²) >= 11 is 9.51. The van der Waals surface area contributed by atoms with Gasteiger partial charge in [0.05, 0.1) is 0 Å². The van der Waals surface area contributed by atoms with Crippen molar-refractivity contribution in [2.75, 3.05) is 0 Å². The van der Waals surface area contributed by atoms with Crippen molar-refractivity contribution in [1.29, 1.82) is 0 Å². The van der Waals surface area contributed by atoms with E-state index in [2.05, 4.69) is 15.9 Å². The van der Waals surface area contributed by atoms with Crippen LogP contribution in [-0.2, 0) is 13.2 Å². The van der Waals surface area contributed by atoms with Crippen molar-refractivity contribution in [3.8, 4) is 5.75 Å². The van der Waals surface area contributed by atoms with Crippen LogP contribution in [0.4, 0.5) is 0 Å². The van der Waals surface area contributed by atoms with Crippen LogP contribution in [0, 0.1) is 0 Å². The van der Waals surface area contributed by atoms with E-state index in [1.54, 1.807) is 0 Å². The van der Waals surface area contributed by atoms with Crippen LogP contribution in [0.15, 0.2) is 46.9 Å². The summed E-state index contributed by atoms with van der Waals surface area (Å²) in [6, 6.07) is 13.4. The monoisotopic (exact) mass is 325 g/mol. The van der Waals surface area contributed by atoms with Crippen molar-refractivity contribution >= 4 is 27.5 Å². The van der Waals surface area contributed by atoms with Gasteiger partial charge >= 0.3 is 0 Å². The fourth-order valence-electron chi connectivity index (χ4n) is 1.57. The Morgan fingerprint density at radius 1 is 1.11 bits per heavy atom. The minimum absolute atomic E-state index is 0.450. The molecule has 4 heteroatoms. The fourth-order valence-corrected chi connectivity index (χ4v) is 2.17. The Morgan fingerprint density at radius 2 is 1.89 bits per heavy atom. The molecule has 0 saturated heterocycles. The summed E-state index contributed by atoms with van der Waals surface area (Å²) < 4.78 is 6.70. The largest absolute Gasteiger partial charge is 0.489 e. The maximum absolute atomic E-state index is 6.07. The van der Waals surface area contributed by atoms with E-state index in [-0.39, 0.29) is 0 Å². The maximum atomic E-state index is 6.07. The molecular weight excluding hydrogens is 314 g/mol. The quantitative estimate of drug-likeness (QED) is 0.916. The number of nitrogens with two attached hydrogens (primary N) is 1. The second-order valence-electron chi connectivity index (χ2n) is 3.84. The van der Waals surface area contributed by atoms with Gasteiger partial charge in [-0.1, -0.05) is 45.7 Å². The summed E-state index contributed by atoms with van der Waals surface area (Å²) in [5, 5.41) is 0.716. The van der Waals surface area contributed by atoms with Crippen LogP contribution in [0.5, 0.6) is 5.75 Å². The summed E-state index contributed by atoms with van der Waals surface area (Å²) in [4.78, 5) is 0. The van der Waals surface area contributed by atoms with Crippen molar-refractivity contribution in [2.24, 2.45) is 5.73 Å². The third-order valence-electron chi connectivity index (χ3n) is 2.59. The highest BCUT2D eigenvalue weighted by Gasteiger charge is 2.03. The van der Waals surface area contributed by atoms with E-state index in [1.807, 2.05) is 42.5 Å². The topological polar surface area (TPSA) is 35.2 Å². The maximum Gasteiger partial charge on any atom is 0.120 e. The van der Waals surface area contributed by atoms with Gasteiger partial charge in [-0.2, -0.15) is 0 Å². The first-order valence-electron chi connectivity index (χ1n) is 5.55. The van der Waals surface area contributed by atoms with E-state index < -0.39 is 0 Å². The second kappa shape index (κ2) is 6.23. The van der Waals surface area contributed by atoms with Gasteiger partial charge < -0.3 is 10.5 Å². The molecular formula is C14H13BrClNO. The third kappa shape index (κ3) is 3.25. The molecule has 0 atom stereocenters. The van der Waals surface area contributed by atoms with Gasteiger partial charge in [0.2, 0.25) is 0 Å². The molecule has 0 aliphatic carbocycles. The average Bonchev–Trinajstić information content (AvgIpc) is 2.39. The van der Waals surface area contributed by atoms with Gasteiger partial charge in [0.25, 0.3) is 0 Å². The molecule has 2 N–H and O–H groups in total. The molecule has 0 spiro atoms. The van der Waals surface area contributed by atoms with Gasteiger partial charge in [0.1, 0.15) is 12.4 Å². The number of halogens is 2. The van der Waals surface area contributed by atoms with Crippen LogP contribution < -0.4 is 10.5 Å². The molecule has 0 aliphatic heterocycles. The SMILES string of the molecule is NCc1cc(OCc2ccccc2Cl)ccc1Br. The van der Waals surface area contributed by atoms with Crippen LogP contribution >= 0.6 is 27.5 Å². The van der Waals surface area contributed by atoms with Gasteiger partial charge in [-0.3, -0.25) is 0 Å². The number of benzene rings is 2. The first-order chi connectivity index (χ1) is 8.70. The lowest BCUT2D eigenvalue weighted by Gasteiger charge is -2.09. The van der Waals surface area contributed by atoms with Crippen molar-refractivity contribution in [2.45, 2.75) is 13.2 Å². The van der Waals surface area contributed by atoms with E-state index in [4.69, 9.17) is 22.1 Å². The van der Waals surface area contributed by atoms with E-state index in [9.17, 15) is 0 Å². The van der Waals surface area contributed by atoms with Gasteiger partial charge in [-0.05, 0) is 29.8 Å². The normalized spacial score (nSPS) is 10.4. The first-order valence-corrected chi connectivity index (χ1v) is 6.72. The summed E-state index contributed by atoms with van der Waals surface area (Å²) in [5.74, 6) is 0.790. The Morgan fingerprint density at radius 3 is 2.61 bits per heavy atom. The van der Waals surface area contributed by atoms with Gasteiger partial charge in [-0.25, -0.2) is 0 Å². The predicted molar refractivity (Wildman–Crippen MR) is 77.8 cm³/mol. The molecule has 18 heavy (non-hydrogen) atoms. The van der Waals surface area contributed by atoms with E-state index in [1.165, 1.54) is 0 Å². The summed E-state index contributed by atoms with van der Waals surface area (Å²) in [5.41, 5.74) is 7.63. The molecule has 0 saturated carbocycles. The molecule has 0 bridgehead atoms. The molecule has 94 valence electrons. The first kappa shape index (κ1) is 13.4. The smallest absolute Gasteiger partial charge is 0.120 e. The van der Waals surface area contributed by atoms with E-state index in [0.717, 1.165) is 21.3 Å². The second-order valence-corrected chi connectivity index (χ2v) is 5.10. The van der Waals surface area contributed by atoms with Gasteiger partial charge in [0, 0.05) is 21.6 Å². The standard InChI is InChI=1S/C14H13BrClNO/c15-13-6-5-12(7-11(13)8-17)18-9-10-3-1-2-4-14(10)16/h1-7H,8-9,17H2. The lowest BCUT2D eigenvalue weighted by atomic mass is 10.2. The minimum atomic E-state index is 0.450. The van der Waals surface area contributed by atoms with Crippen LogP contribution in [0.25, 0.3) is 0 Å². The molecule has 2 aromatic carbocycles. The Kier molecular flexibility index (Phi) is 4.64. The lowest BCUT2D eigenvalue weighted by molar-refractivity contribution is 0.306. The molecule has 0 amide bonds. The Hall–Kier alpha value is -1.03. The molecule has 0 fully saturated rings. The highest BCUT2D eigenvalue weighted by atomic mass is 79.9. The van der Waals surface area contributed by atoms with Crippen molar-refractivity contribution in [3.05, 3.63) is 63.1 Å². The van der Waals surface area contributed by atoms with Crippen LogP contribution in [0.1, 0.15) is 11.1 Å². The summed E-state index contributed by atoms with van der Waals surface area (Å²) in [6.45, 7) is 0.926. The van der Waals surface area contributed by atoms with E-state index >= 15 is 0 Å². The average molecular weight is 327 g/mol. The van der Waals surface area contributed by atoms with E-state index in [0.29, 0.717) is 18.2 Å². The molecule has 0 heterocycles. The van der Waals surface area contributed by atoms with Crippen molar-refractivity contribution in [3.63, 3.8) is 0 Å². The van der Waals surface area contributed by atoms with Crippen LogP contribution in [-0.4, -0.2) is 0 Å². The molecule has 2 aromatic rings. The Bertz CT molecular complexity index is 545. The molecule has 2 nitrogen and oxygen atoms in total. The highest BCUT2D eigenvalue weighted by Crippen LogP contribution is 2.24. The summed E-state index contributed by atoms with van der Waals surface area (Å²) in [7, 11) is 0. The van der Waals surface area contributed by atoms with Crippen LogP contribution in [0.3, 0.4) is 0 Å². The zero-order chi connectivity index (χ0) is 13.0. The fraction of sp³-hybridized carbons (Fsp3) is 0.143. The molecule has 0 radical (unpaired) electrons. The van der Waals surface area contributed by atoms with Crippen molar-refractivity contribution < 1.29 is 4.74 Å². The third-order valence-corrected chi connectivity index (χ3v) is 3.73.